The van der Waals surface area contributed by atoms with Gasteiger partial charge in [0.25, 0.3) is 0 Å². The molecule has 0 saturated carbocycles. The highest BCUT2D eigenvalue weighted by atomic mass is 35.5. The minimum atomic E-state index is -0.619. The van der Waals surface area contributed by atoms with Crippen molar-refractivity contribution in [1.29, 1.82) is 0 Å². The van der Waals surface area contributed by atoms with Crippen LogP contribution in [0.1, 0.15) is 25.6 Å². The van der Waals surface area contributed by atoms with Gasteiger partial charge in [0.1, 0.15) is 24.3 Å². The molecule has 4 aromatic rings. The normalized spacial score (nSPS) is 12.3. The monoisotopic (exact) mass is 396 g/mol. The van der Waals surface area contributed by atoms with Crippen LogP contribution >= 0.6 is 12.4 Å². The van der Waals surface area contributed by atoms with Crippen LogP contribution in [0.5, 0.6) is 5.75 Å². The molecule has 1 unspecified atom stereocenters. The van der Waals surface area contributed by atoms with Gasteiger partial charge in [-0.05, 0) is 35.0 Å². The Kier molecular flexibility index (Phi) is 6.22. The summed E-state index contributed by atoms with van der Waals surface area (Å²) >= 11 is 0. The highest BCUT2D eigenvalue weighted by Crippen LogP contribution is 2.23. The van der Waals surface area contributed by atoms with Crippen LogP contribution in [0.3, 0.4) is 0 Å². The van der Waals surface area contributed by atoms with Crippen LogP contribution in [0.2, 0.25) is 0 Å². The molecule has 1 aromatic heterocycles. The molecule has 3 aromatic carbocycles. The number of para-hydroxylation sites is 2. The molecule has 28 heavy (non-hydrogen) atoms. The second-order valence-corrected chi connectivity index (χ2v) is 7.20. The van der Waals surface area contributed by atoms with Crippen molar-refractivity contribution in [1.82, 2.24) is 9.55 Å². The summed E-state index contributed by atoms with van der Waals surface area (Å²) in [6.45, 7) is 4.94. The average Bonchev–Trinajstić information content (AvgIpc) is 3.05. The van der Waals surface area contributed by atoms with Crippen LogP contribution in [-0.2, 0) is 6.54 Å². The number of benzene rings is 3. The van der Waals surface area contributed by atoms with E-state index in [4.69, 9.17) is 9.72 Å². The van der Waals surface area contributed by atoms with Crippen molar-refractivity contribution in [3.63, 3.8) is 0 Å². The summed E-state index contributed by atoms with van der Waals surface area (Å²) in [6, 6.07) is 22.2. The highest BCUT2D eigenvalue weighted by Gasteiger charge is 2.16. The molecule has 146 valence electrons. The Morgan fingerprint density at radius 3 is 2.46 bits per heavy atom. The molecule has 0 aliphatic rings. The molecule has 4 nitrogen and oxygen atoms in total. The SMILES string of the molecule is CC(C)c1nc2ccccc2n1CC(O)COc1ccc2ccccc2c1.Cl. The third kappa shape index (κ3) is 4.13. The van der Waals surface area contributed by atoms with Crippen molar-refractivity contribution in [3.8, 4) is 5.75 Å². The Hall–Kier alpha value is -2.56. The van der Waals surface area contributed by atoms with E-state index in [2.05, 4.69) is 30.5 Å². The molecule has 0 saturated heterocycles. The summed E-state index contributed by atoms with van der Waals surface area (Å²) in [5, 5.41) is 12.9. The predicted molar refractivity (Wildman–Crippen MR) is 117 cm³/mol. The predicted octanol–water partition coefficient (Wildman–Crippen LogP) is 5.17. The second-order valence-electron chi connectivity index (χ2n) is 7.20. The van der Waals surface area contributed by atoms with Gasteiger partial charge in [0.2, 0.25) is 0 Å². The fourth-order valence-corrected chi connectivity index (χ4v) is 3.44. The van der Waals surface area contributed by atoms with Gasteiger partial charge >= 0.3 is 0 Å². The molecule has 0 fully saturated rings. The maximum Gasteiger partial charge on any atom is 0.120 e. The van der Waals surface area contributed by atoms with E-state index in [0.29, 0.717) is 6.54 Å². The molecule has 1 heterocycles. The number of halogens is 1. The molecular weight excluding hydrogens is 372 g/mol. The minimum Gasteiger partial charge on any atom is -0.491 e. The number of fused-ring (bicyclic) bond motifs is 2. The summed E-state index contributed by atoms with van der Waals surface area (Å²) in [5.41, 5.74) is 2.01. The topological polar surface area (TPSA) is 47.3 Å². The lowest BCUT2D eigenvalue weighted by Gasteiger charge is -2.17. The molecule has 0 amide bonds. The largest absolute Gasteiger partial charge is 0.491 e. The van der Waals surface area contributed by atoms with E-state index in [0.717, 1.165) is 28.0 Å². The Bertz CT molecular complexity index is 1070. The van der Waals surface area contributed by atoms with Crippen LogP contribution in [0.15, 0.2) is 66.7 Å². The van der Waals surface area contributed by atoms with Gasteiger partial charge in [-0.25, -0.2) is 4.98 Å². The van der Waals surface area contributed by atoms with Crippen molar-refractivity contribution >= 4 is 34.2 Å². The minimum absolute atomic E-state index is 0. The fourth-order valence-electron chi connectivity index (χ4n) is 3.44. The van der Waals surface area contributed by atoms with Crippen LogP contribution in [-0.4, -0.2) is 27.4 Å². The smallest absolute Gasteiger partial charge is 0.120 e. The molecule has 0 aliphatic carbocycles. The number of ether oxygens (including phenoxy) is 1. The first-order valence-corrected chi connectivity index (χ1v) is 9.36. The van der Waals surface area contributed by atoms with E-state index in [9.17, 15) is 5.11 Å². The lowest BCUT2D eigenvalue weighted by Crippen LogP contribution is -2.24. The Morgan fingerprint density at radius 1 is 0.964 bits per heavy atom. The van der Waals surface area contributed by atoms with Gasteiger partial charge in [0, 0.05) is 5.92 Å². The van der Waals surface area contributed by atoms with Crippen LogP contribution in [0, 0.1) is 0 Å². The zero-order valence-corrected chi connectivity index (χ0v) is 16.9. The average molecular weight is 397 g/mol. The molecule has 1 atom stereocenters. The number of imidazole rings is 1. The fraction of sp³-hybridized carbons (Fsp3) is 0.261. The van der Waals surface area contributed by atoms with E-state index in [1.807, 2.05) is 54.6 Å². The molecule has 0 spiro atoms. The van der Waals surface area contributed by atoms with E-state index in [1.165, 1.54) is 5.39 Å². The molecule has 4 rings (SSSR count). The molecule has 5 heteroatoms. The van der Waals surface area contributed by atoms with Gasteiger partial charge in [0.15, 0.2) is 0 Å². The van der Waals surface area contributed by atoms with Gasteiger partial charge < -0.3 is 14.4 Å². The molecule has 0 aliphatic heterocycles. The maximum absolute atomic E-state index is 10.6. The zero-order chi connectivity index (χ0) is 18.8. The van der Waals surface area contributed by atoms with E-state index < -0.39 is 6.10 Å². The van der Waals surface area contributed by atoms with Crippen LogP contribution in [0.25, 0.3) is 21.8 Å². The first kappa shape index (κ1) is 20.2. The summed E-state index contributed by atoms with van der Waals surface area (Å²) in [7, 11) is 0. The van der Waals surface area contributed by atoms with Crippen molar-refractivity contribution in [2.75, 3.05) is 6.61 Å². The van der Waals surface area contributed by atoms with Crippen molar-refractivity contribution in [2.45, 2.75) is 32.4 Å². The Balaban J connectivity index is 0.00000225. The number of hydrogen-bond acceptors (Lipinski definition) is 3. The molecule has 1 N–H and O–H groups in total. The van der Waals surface area contributed by atoms with Gasteiger partial charge in [-0.15, -0.1) is 12.4 Å². The first-order valence-electron chi connectivity index (χ1n) is 9.36. The second kappa shape index (κ2) is 8.63. The standard InChI is InChI=1S/C23H24N2O2.ClH/c1-16(2)23-24-21-9-5-6-10-22(21)25(23)14-19(26)15-27-20-12-11-17-7-3-4-8-18(17)13-20;/h3-13,16,19,26H,14-15H2,1-2H3;1H. The first-order chi connectivity index (χ1) is 13.1. The van der Waals surface area contributed by atoms with E-state index >= 15 is 0 Å². The maximum atomic E-state index is 10.6. The van der Waals surface area contributed by atoms with Crippen molar-refractivity contribution in [3.05, 3.63) is 72.6 Å². The summed E-state index contributed by atoms with van der Waals surface area (Å²) in [6.07, 6.45) is -0.619. The zero-order valence-electron chi connectivity index (χ0n) is 16.1. The van der Waals surface area contributed by atoms with Gasteiger partial charge in [-0.1, -0.05) is 56.3 Å². The summed E-state index contributed by atoms with van der Waals surface area (Å²) < 4.78 is 7.96. The quantitative estimate of drug-likeness (QED) is 0.488. The number of aromatic nitrogens is 2. The number of rotatable bonds is 6. The summed E-state index contributed by atoms with van der Waals surface area (Å²) in [5.74, 6) is 2.04. The molecule has 0 radical (unpaired) electrons. The number of nitrogens with zero attached hydrogens (tertiary/aromatic N) is 2. The molecular formula is C23H25ClN2O2. The number of aliphatic hydroxyl groups excluding tert-OH is 1. The van der Waals surface area contributed by atoms with Crippen molar-refractivity contribution in [2.24, 2.45) is 0 Å². The summed E-state index contributed by atoms with van der Waals surface area (Å²) in [4.78, 5) is 4.73. The van der Waals surface area contributed by atoms with Gasteiger partial charge in [-0.3, -0.25) is 0 Å². The van der Waals surface area contributed by atoms with E-state index in [1.54, 1.807) is 0 Å². The number of hydrogen-bond donors (Lipinski definition) is 1. The number of aliphatic hydroxyl groups is 1. The highest BCUT2D eigenvalue weighted by molar-refractivity contribution is 5.85. The Morgan fingerprint density at radius 2 is 1.68 bits per heavy atom. The van der Waals surface area contributed by atoms with Gasteiger partial charge in [0.05, 0.1) is 17.6 Å². The third-order valence-electron chi connectivity index (χ3n) is 4.76. The van der Waals surface area contributed by atoms with Gasteiger partial charge in [-0.2, -0.15) is 0 Å². The van der Waals surface area contributed by atoms with Crippen LogP contribution < -0.4 is 4.74 Å². The lowest BCUT2D eigenvalue weighted by atomic mass is 10.1. The van der Waals surface area contributed by atoms with E-state index in [-0.39, 0.29) is 24.9 Å². The van der Waals surface area contributed by atoms with Crippen molar-refractivity contribution < 1.29 is 9.84 Å². The Labute approximate surface area is 171 Å². The molecule has 0 bridgehead atoms. The lowest BCUT2D eigenvalue weighted by molar-refractivity contribution is 0.0926. The third-order valence-corrected chi connectivity index (χ3v) is 4.76. The van der Waals surface area contributed by atoms with Crippen LogP contribution in [0.4, 0.5) is 0 Å².